The fourth-order valence-electron chi connectivity index (χ4n) is 1.40. The highest BCUT2D eigenvalue weighted by atomic mass is 79.9. The van der Waals surface area contributed by atoms with Crippen LogP contribution in [0, 0.1) is 6.92 Å². The monoisotopic (exact) mass is 349 g/mol. The predicted octanol–water partition coefficient (Wildman–Crippen LogP) is 3.56. The van der Waals surface area contributed by atoms with Crippen molar-refractivity contribution in [1.82, 2.24) is 9.78 Å². The number of thiophene rings is 1. The number of hydrogen-bond donors (Lipinski definition) is 1. The first-order chi connectivity index (χ1) is 7.00. The first-order valence-electron chi connectivity index (χ1n) is 4.25. The Morgan fingerprint density at radius 2 is 2.13 bits per heavy atom. The van der Waals surface area contributed by atoms with Gasteiger partial charge in [-0.1, -0.05) is 0 Å². The zero-order valence-electron chi connectivity index (χ0n) is 8.21. The average molecular weight is 351 g/mol. The molecule has 6 heteroatoms. The van der Waals surface area contributed by atoms with Gasteiger partial charge in [-0.25, -0.2) is 0 Å². The zero-order valence-corrected chi connectivity index (χ0v) is 12.2. The van der Waals surface area contributed by atoms with Gasteiger partial charge < -0.3 is 5.73 Å². The van der Waals surface area contributed by atoms with Crippen LogP contribution in [0.5, 0.6) is 0 Å². The van der Waals surface area contributed by atoms with E-state index in [1.807, 2.05) is 20.0 Å². The highest BCUT2D eigenvalue weighted by molar-refractivity contribution is 9.12. The third-order valence-corrected chi connectivity index (χ3v) is 4.59. The van der Waals surface area contributed by atoms with Gasteiger partial charge >= 0.3 is 0 Å². The number of nitrogen functional groups attached to an aromatic ring is 1. The van der Waals surface area contributed by atoms with Crippen molar-refractivity contribution < 1.29 is 0 Å². The SMILES string of the molecule is Cc1c(-c2cc(Br)sc2Br)nn(C)c1N. The summed E-state index contributed by atoms with van der Waals surface area (Å²) in [6.45, 7) is 1.98. The Hall–Kier alpha value is -0.330. The molecule has 2 rings (SSSR count). The zero-order chi connectivity index (χ0) is 11.2. The lowest BCUT2D eigenvalue weighted by Crippen LogP contribution is -1.97. The molecule has 0 amide bonds. The van der Waals surface area contributed by atoms with Gasteiger partial charge in [-0.2, -0.15) is 5.10 Å². The van der Waals surface area contributed by atoms with Crippen LogP contribution in [0.25, 0.3) is 11.3 Å². The molecule has 0 aliphatic heterocycles. The number of aromatic nitrogens is 2. The third-order valence-electron chi connectivity index (χ3n) is 2.25. The molecule has 0 saturated heterocycles. The van der Waals surface area contributed by atoms with Gasteiger partial charge in [0.25, 0.3) is 0 Å². The Morgan fingerprint density at radius 1 is 1.47 bits per heavy atom. The molecule has 80 valence electrons. The van der Waals surface area contributed by atoms with Crippen molar-refractivity contribution in [3.05, 3.63) is 19.2 Å². The normalized spacial score (nSPS) is 10.9. The quantitative estimate of drug-likeness (QED) is 0.854. The molecule has 0 unspecified atom stereocenters. The standard InChI is InChI=1S/C9H9Br2N3S/c1-4-7(13-14(2)9(4)12)5-3-6(10)15-8(5)11/h3H,12H2,1-2H3. The lowest BCUT2D eigenvalue weighted by atomic mass is 10.1. The average Bonchev–Trinajstić information content (AvgIpc) is 2.61. The maximum atomic E-state index is 5.87. The Bertz CT molecular complexity index is 516. The Balaban J connectivity index is 2.64. The van der Waals surface area contributed by atoms with Crippen molar-refractivity contribution in [1.29, 1.82) is 0 Å². The van der Waals surface area contributed by atoms with Gasteiger partial charge in [-0.15, -0.1) is 11.3 Å². The van der Waals surface area contributed by atoms with E-state index >= 15 is 0 Å². The van der Waals surface area contributed by atoms with Crippen LogP contribution in [0.2, 0.25) is 0 Å². The summed E-state index contributed by atoms with van der Waals surface area (Å²) in [6, 6.07) is 2.05. The Kier molecular flexibility index (Phi) is 2.92. The lowest BCUT2D eigenvalue weighted by molar-refractivity contribution is 0.782. The van der Waals surface area contributed by atoms with Crippen LogP contribution in [-0.4, -0.2) is 9.78 Å². The van der Waals surface area contributed by atoms with E-state index in [1.54, 1.807) is 16.0 Å². The Labute approximate surface area is 109 Å². The van der Waals surface area contributed by atoms with Crippen LogP contribution in [0.3, 0.4) is 0 Å². The lowest BCUT2D eigenvalue weighted by Gasteiger charge is -1.94. The summed E-state index contributed by atoms with van der Waals surface area (Å²) >= 11 is 8.60. The van der Waals surface area contributed by atoms with Gasteiger partial charge in [0.2, 0.25) is 0 Å². The molecule has 0 bridgehead atoms. The molecular formula is C9H9Br2N3S. The second-order valence-electron chi connectivity index (χ2n) is 3.22. The molecule has 2 aromatic heterocycles. The summed E-state index contributed by atoms with van der Waals surface area (Å²) in [5.41, 5.74) is 8.91. The minimum Gasteiger partial charge on any atom is -0.384 e. The summed E-state index contributed by atoms with van der Waals surface area (Å²) in [6.07, 6.45) is 0. The molecule has 3 nitrogen and oxygen atoms in total. The molecule has 0 aromatic carbocycles. The van der Waals surface area contributed by atoms with Crippen LogP contribution >= 0.6 is 43.2 Å². The summed E-state index contributed by atoms with van der Waals surface area (Å²) in [5, 5.41) is 4.40. The number of hydrogen-bond acceptors (Lipinski definition) is 3. The number of aryl methyl sites for hydroxylation is 1. The smallest absolute Gasteiger partial charge is 0.124 e. The maximum Gasteiger partial charge on any atom is 0.124 e. The van der Waals surface area contributed by atoms with Crippen molar-refractivity contribution in [2.45, 2.75) is 6.92 Å². The van der Waals surface area contributed by atoms with E-state index in [0.29, 0.717) is 5.82 Å². The van der Waals surface area contributed by atoms with Crippen molar-refractivity contribution in [3.63, 3.8) is 0 Å². The molecule has 0 saturated carbocycles. The van der Waals surface area contributed by atoms with Gasteiger partial charge in [0.15, 0.2) is 0 Å². The molecule has 0 atom stereocenters. The molecule has 2 heterocycles. The van der Waals surface area contributed by atoms with Crippen molar-refractivity contribution in [3.8, 4) is 11.3 Å². The molecule has 0 radical (unpaired) electrons. The highest BCUT2D eigenvalue weighted by Gasteiger charge is 2.16. The van der Waals surface area contributed by atoms with Crippen molar-refractivity contribution in [2.24, 2.45) is 7.05 Å². The second kappa shape index (κ2) is 3.92. The number of rotatable bonds is 1. The van der Waals surface area contributed by atoms with Gasteiger partial charge in [-0.05, 0) is 44.8 Å². The van der Waals surface area contributed by atoms with E-state index in [9.17, 15) is 0 Å². The van der Waals surface area contributed by atoms with Gasteiger partial charge in [0.1, 0.15) is 5.82 Å². The third kappa shape index (κ3) is 1.86. The maximum absolute atomic E-state index is 5.87. The van der Waals surface area contributed by atoms with E-state index < -0.39 is 0 Å². The minimum atomic E-state index is 0.708. The fourth-order valence-corrected chi connectivity index (χ4v) is 4.21. The largest absolute Gasteiger partial charge is 0.384 e. The second-order valence-corrected chi connectivity index (χ2v) is 6.97. The summed E-state index contributed by atoms with van der Waals surface area (Å²) in [4.78, 5) is 0. The van der Waals surface area contributed by atoms with Gasteiger partial charge in [0, 0.05) is 18.2 Å². The topological polar surface area (TPSA) is 43.8 Å². The molecule has 0 fully saturated rings. The van der Waals surface area contributed by atoms with E-state index in [4.69, 9.17) is 5.73 Å². The van der Waals surface area contributed by atoms with Gasteiger partial charge in [0.05, 0.1) is 13.3 Å². The van der Waals surface area contributed by atoms with Crippen LogP contribution < -0.4 is 5.73 Å². The minimum absolute atomic E-state index is 0.708. The Morgan fingerprint density at radius 3 is 2.53 bits per heavy atom. The van der Waals surface area contributed by atoms with Crippen molar-refractivity contribution in [2.75, 3.05) is 5.73 Å². The number of halogens is 2. The van der Waals surface area contributed by atoms with Crippen LogP contribution in [0.1, 0.15) is 5.56 Å². The molecule has 0 aliphatic carbocycles. The first kappa shape index (κ1) is 11.2. The van der Waals surface area contributed by atoms with Gasteiger partial charge in [-0.3, -0.25) is 4.68 Å². The molecule has 2 aromatic rings. The molecule has 2 N–H and O–H groups in total. The van der Waals surface area contributed by atoms with Crippen molar-refractivity contribution >= 4 is 49.0 Å². The summed E-state index contributed by atoms with van der Waals surface area (Å²) in [7, 11) is 1.85. The van der Waals surface area contributed by atoms with E-state index in [2.05, 4.69) is 37.0 Å². The number of anilines is 1. The first-order valence-corrected chi connectivity index (χ1v) is 6.65. The van der Waals surface area contributed by atoms with E-state index in [0.717, 1.165) is 24.4 Å². The molecule has 0 spiro atoms. The summed E-state index contributed by atoms with van der Waals surface area (Å²) < 4.78 is 3.84. The van der Waals surface area contributed by atoms with Crippen LogP contribution in [0.4, 0.5) is 5.82 Å². The highest BCUT2D eigenvalue weighted by Crippen LogP contribution is 2.39. The number of nitrogens with two attached hydrogens (primary N) is 1. The van der Waals surface area contributed by atoms with Crippen LogP contribution in [0.15, 0.2) is 13.6 Å². The predicted molar refractivity (Wildman–Crippen MR) is 71.1 cm³/mol. The van der Waals surface area contributed by atoms with E-state index in [-0.39, 0.29) is 0 Å². The molecule has 15 heavy (non-hydrogen) atoms. The molecular weight excluding hydrogens is 342 g/mol. The number of nitrogens with zero attached hydrogens (tertiary/aromatic N) is 2. The van der Waals surface area contributed by atoms with E-state index in [1.165, 1.54) is 0 Å². The fraction of sp³-hybridized carbons (Fsp3) is 0.222. The van der Waals surface area contributed by atoms with Crippen LogP contribution in [-0.2, 0) is 7.05 Å². The summed E-state index contributed by atoms with van der Waals surface area (Å²) in [5.74, 6) is 0.708. The molecule has 0 aliphatic rings.